The summed E-state index contributed by atoms with van der Waals surface area (Å²) in [6.07, 6.45) is -0.359. The lowest BCUT2D eigenvalue weighted by molar-refractivity contribution is 0.230. The Balaban J connectivity index is 1.76. The first-order chi connectivity index (χ1) is 9.07. The zero-order chi connectivity index (χ0) is 13.5. The highest BCUT2D eigenvalue weighted by Crippen LogP contribution is 2.28. The van der Waals surface area contributed by atoms with E-state index in [0.29, 0.717) is 11.8 Å². The first-order valence-electron chi connectivity index (χ1n) is 5.92. The maximum Gasteiger partial charge on any atom is 0.290 e. The fourth-order valence-corrected chi connectivity index (χ4v) is 4.02. The van der Waals surface area contributed by atoms with Gasteiger partial charge in [0.25, 0.3) is 6.02 Å². The molecule has 0 spiro atoms. The number of hydrogen-bond acceptors (Lipinski definition) is 6. The molecular formula is C12H14N2O4S. The topological polar surface area (TPSA) is 77.0 Å². The number of fused-ring (bicyclic) bond motifs is 1. The monoisotopic (exact) mass is 282 g/mol. The Bertz CT molecular complexity index is 626. The number of hydrogen-bond donors (Lipinski definition) is 1. The minimum Gasteiger partial charge on any atom is -0.495 e. The van der Waals surface area contributed by atoms with Gasteiger partial charge in [-0.05, 0) is 12.1 Å². The van der Waals surface area contributed by atoms with Gasteiger partial charge in [0.2, 0.25) is 0 Å². The van der Waals surface area contributed by atoms with E-state index in [2.05, 4.69) is 10.3 Å². The number of nitrogens with one attached hydrogen (secondary N) is 1. The highest BCUT2D eigenvalue weighted by atomic mass is 32.2. The molecule has 1 aromatic carbocycles. The molecule has 0 bridgehead atoms. The van der Waals surface area contributed by atoms with Crippen molar-refractivity contribution < 1.29 is 17.9 Å². The zero-order valence-electron chi connectivity index (χ0n) is 10.4. The number of methoxy groups -OCH3 is 1. The smallest absolute Gasteiger partial charge is 0.290 e. The molecule has 0 amide bonds. The van der Waals surface area contributed by atoms with Crippen LogP contribution < -0.4 is 10.1 Å². The Morgan fingerprint density at radius 3 is 2.89 bits per heavy atom. The van der Waals surface area contributed by atoms with Crippen LogP contribution in [0.15, 0.2) is 29.3 Å². The van der Waals surface area contributed by atoms with E-state index in [9.17, 15) is 8.42 Å². The molecule has 0 aromatic heterocycles. The summed E-state index contributed by atoms with van der Waals surface area (Å²) in [6.45, 7) is 0. The van der Waals surface area contributed by atoms with Crippen LogP contribution in [0.3, 0.4) is 0 Å². The van der Waals surface area contributed by atoms with Crippen molar-refractivity contribution in [3.63, 3.8) is 0 Å². The van der Waals surface area contributed by atoms with Crippen molar-refractivity contribution >= 4 is 21.5 Å². The standard InChI is InChI=1S/C12H14N2O4S/c1-17-10-5-3-2-4-8(10)13-12-14-9-6-19(15,16)7-11(9)18-12/h2-5,9,11H,6-7H2,1H3,(H,13,14)/t9-,11-/m1/s1. The van der Waals surface area contributed by atoms with Crippen molar-refractivity contribution in [3.05, 3.63) is 24.3 Å². The quantitative estimate of drug-likeness (QED) is 0.862. The SMILES string of the molecule is COc1ccccc1NC1=N[C@@H]2CS(=O)(=O)C[C@H]2O1. The average Bonchev–Trinajstić information content (AvgIpc) is 2.82. The first-order valence-corrected chi connectivity index (χ1v) is 7.74. The van der Waals surface area contributed by atoms with Crippen LogP contribution in [0.1, 0.15) is 0 Å². The maximum absolute atomic E-state index is 11.4. The molecule has 7 heteroatoms. The molecule has 1 fully saturated rings. The Hall–Kier alpha value is -1.76. The molecule has 1 N–H and O–H groups in total. The van der Waals surface area contributed by atoms with Gasteiger partial charge in [0.1, 0.15) is 17.9 Å². The molecule has 2 aliphatic rings. The third kappa shape index (κ3) is 2.37. The highest BCUT2D eigenvalue weighted by Gasteiger charge is 2.43. The molecule has 2 atom stereocenters. The number of anilines is 1. The normalized spacial score (nSPS) is 27.3. The Morgan fingerprint density at radius 1 is 1.37 bits per heavy atom. The molecule has 2 aliphatic heterocycles. The van der Waals surface area contributed by atoms with Gasteiger partial charge in [0, 0.05) is 0 Å². The van der Waals surface area contributed by atoms with Gasteiger partial charge in [0.05, 0.1) is 24.3 Å². The molecular weight excluding hydrogens is 268 g/mol. The molecule has 1 saturated heterocycles. The molecule has 0 radical (unpaired) electrons. The summed E-state index contributed by atoms with van der Waals surface area (Å²) in [7, 11) is -1.42. The van der Waals surface area contributed by atoms with Crippen molar-refractivity contribution in [2.75, 3.05) is 23.9 Å². The van der Waals surface area contributed by atoms with E-state index >= 15 is 0 Å². The van der Waals surface area contributed by atoms with Crippen LogP contribution >= 0.6 is 0 Å². The van der Waals surface area contributed by atoms with Crippen LogP contribution in [-0.2, 0) is 14.6 Å². The number of aliphatic imine (C=N–C) groups is 1. The Morgan fingerprint density at radius 2 is 2.16 bits per heavy atom. The minimum atomic E-state index is -3.00. The van der Waals surface area contributed by atoms with Crippen molar-refractivity contribution in [2.24, 2.45) is 4.99 Å². The second kappa shape index (κ2) is 4.41. The predicted molar refractivity (Wildman–Crippen MR) is 71.4 cm³/mol. The van der Waals surface area contributed by atoms with Gasteiger partial charge >= 0.3 is 0 Å². The Kier molecular flexibility index (Phi) is 2.85. The molecule has 2 heterocycles. The lowest BCUT2D eigenvalue weighted by Gasteiger charge is -2.11. The average molecular weight is 282 g/mol. The van der Waals surface area contributed by atoms with Gasteiger partial charge in [0.15, 0.2) is 9.84 Å². The van der Waals surface area contributed by atoms with Gasteiger partial charge in [-0.2, -0.15) is 0 Å². The predicted octanol–water partition coefficient (Wildman–Crippen LogP) is 0.659. The van der Waals surface area contributed by atoms with Crippen LogP contribution in [0.5, 0.6) is 5.75 Å². The zero-order valence-corrected chi connectivity index (χ0v) is 11.2. The summed E-state index contributed by atoms with van der Waals surface area (Å²) in [5.41, 5.74) is 0.742. The second-order valence-corrected chi connectivity index (χ2v) is 6.71. The molecule has 3 rings (SSSR count). The van der Waals surface area contributed by atoms with E-state index in [1.54, 1.807) is 7.11 Å². The van der Waals surface area contributed by atoms with Crippen LogP contribution in [0, 0.1) is 0 Å². The third-order valence-corrected chi connectivity index (χ3v) is 4.85. The maximum atomic E-state index is 11.4. The lowest BCUT2D eigenvalue weighted by Crippen LogP contribution is -2.22. The van der Waals surface area contributed by atoms with Gasteiger partial charge in [-0.15, -0.1) is 0 Å². The van der Waals surface area contributed by atoms with Crippen molar-refractivity contribution in [2.45, 2.75) is 12.1 Å². The van der Waals surface area contributed by atoms with Crippen molar-refractivity contribution in [1.29, 1.82) is 0 Å². The molecule has 6 nitrogen and oxygen atoms in total. The summed E-state index contributed by atoms with van der Waals surface area (Å²) in [4.78, 5) is 4.26. The summed E-state index contributed by atoms with van der Waals surface area (Å²) < 4.78 is 33.6. The number of benzene rings is 1. The van der Waals surface area contributed by atoms with Gasteiger partial charge in [-0.1, -0.05) is 12.1 Å². The summed E-state index contributed by atoms with van der Waals surface area (Å²) >= 11 is 0. The van der Waals surface area contributed by atoms with Crippen LogP contribution in [-0.4, -0.2) is 45.2 Å². The molecule has 1 aromatic rings. The van der Waals surface area contributed by atoms with Crippen LogP contribution in [0.4, 0.5) is 5.69 Å². The van der Waals surface area contributed by atoms with E-state index in [1.807, 2.05) is 24.3 Å². The minimum absolute atomic E-state index is 0.0400. The van der Waals surface area contributed by atoms with E-state index in [-0.39, 0.29) is 23.7 Å². The first kappa shape index (κ1) is 12.3. The summed E-state index contributed by atoms with van der Waals surface area (Å²) in [6, 6.07) is 7.46. The summed E-state index contributed by atoms with van der Waals surface area (Å²) in [5, 5.41) is 3.02. The van der Waals surface area contributed by atoms with Crippen molar-refractivity contribution in [3.8, 4) is 5.75 Å². The van der Waals surface area contributed by atoms with Crippen molar-refractivity contribution in [1.82, 2.24) is 0 Å². The fraction of sp³-hybridized carbons (Fsp3) is 0.417. The van der Waals surface area contributed by atoms with Crippen LogP contribution in [0.2, 0.25) is 0 Å². The molecule has 19 heavy (non-hydrogen) atoms. The van der Waals surface area contributed by atoms with E-state index < -0.39 is 9.84 Å². The van der Waals surface area contributed by atoms with E-state index in [0.717, 1.165) is 5.69 Å². The molecule has 102 valence electrons. The van der Waals surface area contributed by atoms with Gasteiger partial charge in [-0.25, -0.2) is 13.4 Å². The molecule has 0 unspecified atom stereocenters. The third-order valence-electron chi connectivity index (χ3n) is 3.17. The summed E-state index contributed by atoms with van der Waals surface area (Å²) in [5.74, 6) is 0.783. The number of rotatable bonds is 2. The Labute approximate surface area is 111 Å². The molecule has 0 aliphatic carbocycles. The lowest BCUT2D eigenvalue weighted by atomic mass is 10.2. The second-order valence-electron chi connectivity index (χ2n) is 4.56. The van der Waals surface area contributed by atoms with Gasteiger partial charge in [-0.3, -0.25) is 0 Å². The molecule has 0 saturated carbocycles. The largest absolute Gasteiger partial charge is 0.495 e. The van der Waals surface area contributed by atoms with E-state index in [1.165, 1.54) is 0 Å². The number of para-hydroxylation sites is 2. The highest BCUT2D eigenvalue weighted by molar-refractivity contribution is 7.91. The van der Waals surface area contributed by atoms with Crippen LogP contribution in [0.25, 0.3) is 0 Å². The number of nitrogens with zero attached hydrogens (tertiary/aromatic N) is 1. The fourth-order valence-electron chi connectivity index (χ4n) is 2.28. The number of sulfone groups is 1. The number of ether oxygens (including phenoxy) is 2. The van der Waals surface area contributed by atoms with E-state index in [4.69, 9.17) is 9.47 Å². The van der Waals surface area contributed by atoms with Gasteiger partial charge < -0.3 is 14.8 Å². The number of amidine groups is 1.